The third kappa shape index (κ3) is 36.2. The molecular formula is C88H139N11O31. The Morgan fingerprint density at radius 1 is 0.654 bits per heavy atom. The maximum absolute atomic E-state index is 15.1. The minimum absolute atomic E-state index is 0.0252. The number of likely N-dealkylation sites (N-methyl/N-ethyl adjacent to an activating group) is 2. The van der Waals surface area contributed by atoms with Crippen molar-refractivity contribution in [1.82, 2.24) is 50.5 Å². The van der Waals surface area contributed by atoms with Gasteiger partial charge in [0.05, 0.1) is 198 Å². The van der Waals surface area contributed by atoms with Crippen LogP contribution in [0.25, 0.3) is 0 Å². The number of nitro benzene ring substituents is 1. The number of carbonyl (C=O) groups is 9. The van der Waals surface area contributed by atoms with E-state index >= 15 is 4.79 Å². The molecule has 8 N–H and O–H groups in total. The highest BCUT2D eigenvalue weighted by Gasteiger charge is 2.50. The van der Waals surface area contributed by atoms with Crippen LogP contribution >= 0.6 is 0 Å². The van der Waals surface area contributed by atoms with Crippen LogP contribution in [0.4, 0.5) is 10.5 Å². The number of rotatable bonds is 67. The number of methoxy groups -OCH3 is 2. The highest BCUT2D eigenvalue weighted by Crippen LogP contribution is 2.37. The first-order valence-corrected chi connectivity index (χ1v) is 44.6. The number of ether oxygens (including phenoxy) is 15. The van der Waals surface area contributed by atoms with Crippen LogP contribution < -0.4 is 20.7 Å². The zero-order valence-electron chi connectivity index (χ0n) is 77.0. The molecule has 4 heterocycles. The van der Waals surface area contributed by atoms with Gasteiger partial charge in [0.15, 0.2) is 11.9 Å². The third-order valence-corrected chi connectivity index (χ3v) is 22.5. The molecule has 0 aliphatic carbocycles. The zero-order chi connectivity index (χ0) is 95.2. The van der Waals surface area contributed by atoms with E-state index in [2.05, 4.69) is 26.3 Å². The van der Waals surface area contributed by atoms with Crippen LogP contribution in [0.2, 0.25) is 0 Å². The second-order valence-corrected chi connectivity index (χ2v) is 32.6. The molecule has 0 radical (unpaired) electrons. The normalized spacial score (nSPS) is 19.3. The lowest BCUT2D eigenvalue weighted by molar-refractivity contribution is -0.387. The molecule has 0 spiro atoms. The van der Waals surface area contributed by atoms with E-state index in [4.69, 9.17) is 71.1 Å². The SMILES string of the molecule is CC[C@@H](C)[C@H]([C@H](CC(=O)N1CCC[C@@H]1[C@@H](OC)[C@H](C)C(=O)N[C@@H](C)[C@H](O)c1ccccc1)OC)N(C)C(=O)[C@H](NC(=O)[C@@H](C(C)C)N(C)C(=O)OC(Cc1cn(CCOCCOCCOCCOCCOCCOCCOCCOCCOCCOCCNC(=O)CCCCCN2C(=O)C=CC2=O)nn1)c1ccc(O[C@@H]2OC(C(=O)O)[C@@H](O)C(O)C2O)c([N+](=O)[O-])c1)C(C)C. The summed E-state index contributed by atoms with van der Waals surface area (Å²) >= 11 is 0. The number of aliphatic hydroxyl groups excluding tert-OH is 4. The first-order valence-electron chi connectivity index (χ1n) is 44.6. The molecule has 4 unspecified atom stereocenters. The van der Waals surface area contributed by atoms with Gasteiger partial charge in [0.25, 0.3) is 11.8 Å². The van der Waals surface area contributed by atoms with E-state index in [1.807, 2.05) is 19.9 Å². The fourth-order valence-corrected chi connectivity index (χ4v) is 15.1. The summed E-state index contributed by atoms with van der Waals surface area (Å²) in [6.45, 7) is 22.4. The molecule has 42 heteroatoms. The topological polar surface area (TPSA) is 516 Å². The summed E-state index contributed by atoms with van der Waals surface area (Å²) in [5.41, 5.74) is 0.0426. The zero-order valence-corrected chi connectivity index (χ0v) is 77.0. The number of amides is 8. The predicted octanol–water partition coefficient (Wildman–Crippen LogP) is 2.90. The molecule has 0 saturated carbocycles. The number of aliphatic carboxylic acids is 1. The van der Waals surface area contributed by atoms with Gasteiger partial charge in [0.2, 0.25) is 35.8 Å². The molecule has 2 fully saturated rings. The molecule has 16 atom stereocenters. The van der Waals surface area contributed by atoms with Crippen LogP contribution in [0.5, 0.6) is 5.75 Å². The van der Waals surface area contributed by atoms with Gasteiger partial charge >= 0.3 is 17.7 Å². The molecule has 3 aliphatic heterocycles. The van der Waals surface area contributed by atoms with Gasteiger partial charge in [-0.3, -0.25) is 53.5 Å². The molecule has 8 amide bonds. The number of nitrogens with zero attached hydrogens (tertiary/aromatic N) is 8. The second-order valence-electron chi connectivity index (χ2n) is 32.6. The highest BCUT2D eigenvalue weighted by molar-refractivity contribution is 6.12. The monoisotopic (exact) mass is 1850 g/mol. The standard InChI is InChI=1S/C88H139N11O31/c1-13-59(6)76(69(116-11)55-73(103)97-31-20-23-65(97)81(117-12)60(7)83(108)90-61(8)77(104)62-21-16-14-17-22-62)94(9)85(110)74(57(2)3)91-84(109)75(58(4)5)95(10)88(113)129-68(63-25-26-67(66(53-63)99(114)115)128-87-80(107)78(105)79(106)82(130-87)86(111)112)54-64-56-96(93-92-64)32-34-119-36-38-121-40-42-123-44-46-125-48-50-127-52-51-126-49-47-124-45-43-122-41-39-120-37-35-118-33-29-89-70(100)24-18-15-19-30-98-71(101)27-28-72(98)102/h14,16-17,21-22,25-28,53,56-61,65,68-69,74-82,87,104-107H,13,15,18-20,23-24,29-52,54-55H2,1-12H3,(H,89,100)(H,90,108)(H,91,109)(H,111,112)/t59-,60+,61+,65-,68?,69+,74-,75-,76-,77+,78?,79+,80?,81+,82?,87-/m1/s1. The number of imide groups is 1. The number of carboxylic acids is 1. The molecule has 2 aromatic carbocycles. The maximum Gasteiger partial charge on any atom is 0.410 e. The average Bonchev–Trinajstić information content (AvgIpc) is 0.862. The summed E-state index contributed by atoms with van der Waals surface area (Å²) < 4.78 is 86.4. The minimum Gasteiger partial charge on any atom is -0.479 e. The van der Waals surface area contributed by atoms with E-state index < -0.39 is 143 Å². The van der Waals surface area contributed by atoms with Gasteiger partial charge < -0.3 is 122 Å². The lowest BCUT2D eigenvalue weighted by Gasteiger charge is -2.41. The summed E-state index contributed by atoms with van der Waals surface area (Å²) in [6, 6.07) is 7.92. The van der Waals surface area contributed by atoms with E-state index in [9.17, 15) is 74.0 Å². The molecule has 0 bridgehead atoms. The summed E-state index contributed by atoms with van der Waals surface area (Å²) in [5, 5.41) is 82.3. The molecule has 3 aliphatic rings. The van der Waals surface area contributed by atoms with Crippen molar-refractivity contribution >= 4 is 59.1 Å². The van der Waals surface area contributed by atoms with Crippen molar-refractivity contribution in [2.75, 3.05) is 180 Å². The van der Waals surface area contributed by atoms with Crippen LogP contribution in [0.15, 0.2) is 66.9 Å². The molecule has 2 saturated heterocycles. The smallest absolute Gasteiger partial charge is 0.410 e. The van der Waals surface area contributed by atoms with Crippen LogP contribution in [0.3, 0.4) is 0 Å². The van der Waals surface area contributed by atoms with Gasteiger partial charge in [-0.05, 0) is 67.6 Å². The van der Waals surface area contributed by atoms with Gasteiger partial charge in [0, 0.05) is 85.2 Å². The van der Waals surface area contributed by atoms with Crippen molar-refractivity contribution in [1.29, 1.82) is 0 Å². The lowest BCUT2D eigenvalue weighted by Crippen LogP contribution is -2.61. The van der Waals surface area contributed by atoms with Gasteiger partial charge in [-0.2, -0.15) is 0 Å². The van der Waals surface area contributed by atoms with Gasteiger partial charge in [0.1, 0.15) is 36.5 Å². The van der Waals surface area contributed by atoms with E-state index in [0.717, 1.165) is 23.5 Å². The van der Waals surface area contributed by atoms with Crippen molar-refractivity contribution in [3.8, 4) is 5.75 Å². The first kappa shape index (κ1) is 110. The fourth-order valence-electron chi connectivity index (χ4n) is 15.1. The van der Waals surface area contributed by atoms with Crippen LogP contribution in [0.1, 0.15) is 136 Å². The minimum atomic E-state index is -2.11. The maximum atomic E-state index is 15.1. The number of carboxylic acid groups (broad SMARTS) is 1. The Morgan fingerprint density at radius 2 is 1.21 bits per heavy atom. The molecular weight excluding hydrogens is 1710 g/mol. The number of carbonyl (C=O) groups excluding carboxylic acids is 8. The number of likely N-dealkylation sites (tertiary alicyclic amines) is 1. The fraction of sp³-hybridized carbons (Fsp3) is 0.716. The number of benzene rings is 2. The Labute approximate surface area is 759 Å². The largest absolute Gasteiger partial charge is 0.479 e. The van der Waals surface area contributed by atoms with Crippen LogP contribution in [0, 0.1) is 33.8 Å². The molecule has 1 aromatic heterocycles. The summed E-state index contributed by atoms with van der Waals surface area (Å²) in [7, 11) is 5.84. The quantitative estimate of drug-likeness (QED) is 0.0174. The molecule has 42 nitrogen and oxygen atoms in total. The summed E-state index contributed by atoms with van der Waals surface area (Å²) in [6.07, 6.45) is -7.76. The van der Waals surface area contributed by atoms with E-state index in [0.29, 0.717) is 176 Å². The van der Waals surface area contributed by atoms with Crippen molar-refractivity contribution in [2.45, 2.75) is 205 Å². The summed E-state index contributed by atoms with van der Waals surface area (Å²) in [4.78, 5) is 138. The van der Waals surface area contributed by atoms with Crippen molar-refractivity contribution < 1.29 is 145 Å². The molecule has 130 heavy (non-hydrogen) atoms. The Hall–Kier alpha value is -8.93. The number of nitrogens with one attached hydrogen (secondary N) is 3. The molecule has 3 aromatic rings. The number of hydrogen-bond acceptors (Lipinski definition) is 32. The number of nitro groups is 1. The van der Waals surface area contributed by atoms with E-state index in [-0.39, 0.29) is 85.9 Å². The molecule has 732 valence electrons. The number of aromatic nitrogens is 3. The van der Waals surface area contributed by atoms with E-state index in [1.54, 1.807) is 77.8 Å². The van der Waals surface area contributed by atoms with Crippen molar-refractivity contribution in [2.24, 2.45) is 23.7 Å². The van der Waals surface area contributed by atoms with Crippen LogP contribution in [-0.2, 0) is 118 Å². The first-order chi connectivity index (χ1) is 62.3. The summed E-state index contributed by atoms with van der Waals surface area (Å²) in [5.74, 6) is -7.07. The Morgan fingerprint density at radius 3 is 1.72 bits per heavy atom. The highest BCUT2D eigenvalue weighted by atomic mass is 16.7. The van der Waals surface area contributed by atoms with Crippen molar-refractivity contribution in [3.63, 3.8) is 0 Å². The Bertz CT molecular complexity index is 3910. The van der Waals surface area contributed by atoms with Crippen LogP contribution in [-0.4, -0.2) is 372 Å². The number of aliphatic hydroxyl groups is 4. The third-order valence-electron chi connectivity index (χ3n) is 22.5. The predicted molar refractivity (Wildman–Crippen MR) is 465 cm³/mol. The van der Waals surface area contributed by atoms with Gasteiger partial charge in [-0.15, -0.1) is 5.10 Å². The van der Waals surface area contributed by atoms with Gasteiger partial charge in [-0.25, -0.2) is 14.3 Å². The average molecular weight is 1850 g/mol. The lowest BCUT2D eigenvalue weighted by atomic mass is 9.89. The van der Waals surface area contributed by atoms with E-state index in [1.165, 1.54) is 60.2 Å². The molecule has 6 rings (SSSR count). The Kier molecular flexibility index (Phi) is 50.3. The number of hydrogen-bond donors (Lipinski definition) is 8. The van der Waals surface area contributed by atoms with Gasteiger partial charge in [-0.1, -0.05) is 103 Å². The van der Waals surface area contributed by atoms with Crippen molar-refractivity contribution in [3.05, 3.63) is 93.8 Å². The Balaban J connectivity index is 0.913. The second kappa shape index (κ2) is 59.6. The number of unbranched alkanes of at least 4 members (excludes halogenated alkanes) is 2.